The third kappa shape index (κ3) is 3.37. The predicted octanol–water partition coefficient (Wildman–Crippen LogP) is 4.11. The quantitative estimate of drug-likeness (QED) is 0.435. The SMILES string of the molecule is CCOc1ccc2[nH]c3c(c2c1)C[C@@]1(C)C(=O)N(CCN2CC=CC2)C(=O)N1[C@@H]3c1ccccc1. The summed E-state index contributed by atoms with van der Waals surface area (Å²) in [6.07, 6.45) is 4.71. The van der Waals surface area contributed by atoms with E-state index in [1.54, 1.807) is 0 Å². The molecule has 0 spiro atoms. The number of carbonyl (C=O) groups excluding carboxylic acids is 2. The van der Waals surface area contributed by atoms with Crippen LogP contribution in [-0.2, 0) is 11.2 Å². The standard InChI is InChI=1S/C28H30N4O3/c1-3-35-20-11-12-23-21(17-20)22-18-28(2)26(33)31(16-15-30-13-7-8-14-30)27(34)32(28)25(24(22)29-23)19-9-5-4-6-10-19/h4-12,17,25,29H,3,13-16,18H2,1-2H3/t25-,28+/m1/s1. The van der Waals surface area contributed by atoms with Gasteiger partial charge in [0.05, 0.1) is 6.61 Å². The highest BCUT2D eigenvalue weighted by Crippen LogP contribution is 2.48. The number of imide groups is 1. The van der Waals surface area contributed by atoms with Gasteiger partial charge in [-0.15, -0.1) is 0 Å². The van der Waals surface area contributed by atoms with Gasteiger partial charge in [-0.2, -0.15) is 0 Å². The predicted molar refractivity (Wildman–Crippen MR) is 134 cm³/mol. The Morgan fingerprint density at radius 3 is 2.57 bits per heavy atom. The number of rotatable bonds is 6. The fourth-order valence-corrected chi connectivity index (χ4v) is 5.87. The average molecular weight is 471 g/mol. The van der Waals surface area contributed by atoms with Crippen LogP contribution < -0.4 is 4.74 Å². The maximum absolute atomic E-state index is 13.9. The highest BCUT2D eigenvalue weighted by atomic mass is 16.5. The second-order valence-corrected chi connectivity index (χ2v) is 9.76. The van der Waals surface area contributed by atoms with Gasteiger partial charge in [-0.3, -0.25) is 19.5 Å². The zero-order valence-electron chi connectivity index (χ0n) is 20.2. The zero-order valence-corrected chi connectivity index (χ0v) is 20.2. The van der Waals surface area contributed by atoms with Gasteiger partial charge in [-0.05, 0) is 43.2 Å². The zero-order chi connectivity index (χ0) is 24.2. The van der Waals surface area contributed by atoms with Crippen LogP contribution in [-0.4, -0.2) is 69.9 Å². The largest absolute Gasteiger partial charge is 0.494 e. The summed E-state index contributed by atoms with van der Waals surface area (Å²) >= 11 is 0. The molecule has 1 fully saturated rings. The van der Waals surface area contributed by atoms with Crippen molar-refractivity contribution >= 4 is 22.8 Å². The van der Waals surface area contributed by atoms with Crippen molar-refractivity contribution in [2.45, 2.75) is 31.8 Å². The number of hydrogen-bond acceptors (Lipinski definition) is 4. The number of carbonyl (C=O) groups is 2. The van der Waals surface area contributed by atoms with Crippen molar-refractivity contribution in [2.24, 2.45) is 0 Å². The molecule has 6 rings (SSSR count). The summed E-state index contributed by atoms with van der Waals surface area (Å²) in [5.74, 6) is 0.692. The molecule has 7 heteroatoms. The van der Waals surface area contributed by atoms with Crippen LogP contribution in [0.15, 0.2) is 60.7 Å². The molecule has 3 aliphatic rings. The Labute approximate surface area is 204 Å². The number of aromatic amines is 1. The molecule has 2 atom stereocenters. The normalized spacial score (nSPS) is 23.9. The van der Waals surface area contributed by atoms with Crippen LogP contribution in [0, 0.1) is 0 Å². The molecule has 3 amide bonds. The number of nitrogens with zero attached hydrogens (tertiary/aromatic N) is 3. The van der Waals surface area contributed by atoms with Crippen LogP contribution >= 0.6 is 0 Å². The number of hydrogen-bond donors (Lipinski definition) is 1. The molecule has 7 nitrogen and oxygen atoms in total. The van der Waals surface area contributed by atoms with Crippen molar-refractivity contribution in [3.63, 3.8) is 0 Å². The molecule has 3 aliphatic heterocycles. The van der Waals surface area contributed by atoms with Crippen molar-refractivity contribution in [1.82, 2.24) is 19.7 Å². The smallest absolute Gasteiger partial charge is 0.328 e. The minimum Gasteiger partial charge on any atom is -0.494 e. The van der Waals surface area contributed by atoms with E-state index >= 15 is 0 Å². The first kappa shape index (κ1) is 21.9. The van der Waals surface area contributed by atoms with E-state index in [9.17, 15) is 9.59 Å². The minimum absolute atomic E-state index is 0.114. The van der Waals surface area contributed by atoms with Crippen molar-refractivity contribution in [3.8, 4) is 5.75 Å². The van der Waals surface area contributed by atoms with Crippen LogP contribution in [0.1, 0.15) is 36.7 Å². The van der Waals surface area contributed by atoms with E-state index in [0.29, 0.717) is 26.1 Å². The van der Waals surface area contributed by atoms with Crippen LogP contribution in [0.2, 0.25) is 0 Å². The first-order valence-corrected chi connectivity index (χ1v) is 12.4. The second-order valence-electron chi connectivity index (χ2n) is 9.76. The third-order valence-corrected chi connectivity index (χ3v) is 7.60. The molecule has 0 saturated carbocycles. The summed E-state index contributed by atoms with van der Waals surface area (Å²) in [6.45, 7) is 7.29. The summed E-state index contributed by atoms with van der Waals surface area (Å²) in [4.78, 5) is 36.9. The van der Waals surface area contributed by atoms with E-state index in [2.05, 4.69) is 28.1 Å². The maximum atomic E-state index is 13.9. The van der Waals surface area contributed by atoms with Crippen LogP contribution in [0.4, 0.5) is 4.79 Å². The highest BCUT2D eigenvalue weighted by molar-refractivity contribution is 6.08. The van der Waals surface area contributed by atoms with Gasteiger partial charge in [0.2, 0.25) is 0 Å². The molecule has 0 aliphatic carbocycles. The van der Waals surface area contributed by atoms with Crippen molar-refractivity contribution < 1.29 is 14.3 Å². The van der Waals surface area contributed by atoms with Crippen LogP contribution in [0.25, 0.3) is 10.9 Å². The Bertz CT molecular complexity index is 1320. The summed E-state index contributed by atoms with van der Waals surface area (Å²) < 4.78 is 5.77. The molecular weight excluding hydrogens is 440 g/mol. The minimum atomic E-state index is -0.954. The lowest BCUT2D eigenvalue weighted by molar-refractivity contribution is -0.133. The molecule has 0 bridgehead atoms. The molecule has 1 N–H and O–H groups in total. The molecular formula is C28H30N4O3. The lowest BCUT2D eigenvalue weighted by atomic mass is 9.81. The Hall–Kier alpha value is -3.58. The fourth-order valence-electron chi connectivity index (χ4n) is 5.87. The number of nitrogens with one attached hydrogen (secondary N) is 1. The van der Waals surface area contributed by atoms with Gasteiger partial charge in [-0.25, -0.2) is 4.79 Å². The van der Waals surface area contributed by atoms with Gasteiger partial charge in [0.1, 0.15) is 17.3 Å². The number of ether oxygens (including phenoxy) is 1. The maximum Gasteiger partial charge on any atom is 0.328 e. The molecule has 4 heterocycles. The van der Waals surface area contributed by atoms with Gasteiger partial charge in [0.15, 0.2) is 0 Å². The molecule has 35 heavy (non-hydrogen) atoms. The van der Waals surface area contributed by atoms with E-state index < -0.39 is 5.54 Å². The molecule has 1 saturated heterocycles. The number of H-pyrrole nitrogens is 1. The molecule has 3 aromatic rings. The number of amides is 3. The number of aromatic nitrogens is 1. The Kier molecular flexibility index (Phi) is 5.18. The second kappa shape index (κ2) is 8.27. The van der Waals surface area contributed by atoms with Gasteiger partial charge in [-0.1, -0.05) is 42.5 Å². The van der Waals surface area contributed by atoms with E-state index in [-0.39, 0.29) is 18.0 Å². The summed E-state index contributed by atoms with van der Waals surface area (Å²) in [5, 5.41) is 1.05. The Morgan fingerprint density at radius 1 is 1.06 bits per heavy atom. The molecule has 180 valence electrons. The lowest BCUT2D eigenvalue weighted by Crippen LogP contribution is -2.53. The summed E-state index contributed by atoms with van der Waals surface area (Å²) in [5.41, 5.74) is 3.08. The topological polar surface area (TPSA) is 68.9 Å². The van der Waals surface area contributed by atoms with Crippen molar-refractivity contribution in [1.29, 1.82) is 0 Å². The lowest BCUT2D eigenvalue weighted by Gasteiger charge is -2.42. The molecule has 0 radical (unpaired) electrons. The fraction of sp³-hybridized carbons (Fsp3) is 0.357. The Morgan fingerprint density at radius 2 is 1.83 bits per heavy atom. The van der Waals surface area contributed by atoms with Gasteiger partial charge >= 0.3 is 6.03 Å². The highest BCUT2D eigenvalue weighted by Gasteiger charge is 2.60. The average Bonchev–Trinajstić information content (AvgIpc) is 3.55. The molecule has 2 aromatic carbocycles. The monoisotopic (exact) mass is 470 g/mol. The van der Waals surface area contributed by atoms with Crippen LogP contribution in [0.5, 0.6) is 5.75 Å². The van der Waals surface area contributed by atoms with Crippen molar-refractivity contribution in [2.75, 3.05) is 32.8 Å². The summed E-state index contributed by atoms with van der Waals surface area (Å²) in [7, 11) is 0. The number of benzene rings is 2. The first-order valence-electron chi connectivity index (χ1n) is 12.4. The Balaban J connectivity index is 1.45. The van der Waals surface area contributed by atoms with E-state index in [4.69, 9.17) is 4.74 Å². The van der Waals surface area contributed by atoms with Gasteiger partial charge in [0.25, 0.3) is 5.91 Å². The number of urea groups is 1. The van der Waals surface area contributed by atoms with Crippen molar-refractivity contribution in [3.05, 3.63) is 77.5 Å². The van der Waals surface area contributed by atoms with Gasteiger partial charge < -0.3 is 9.72 Å². The van der Waals surface area contributed by atoms with E-state index in [0.717, 1.165) is 46.6 Å². The summed E-state index contributed by atoms with van der Waals surface area (Å²) in [6, 6.07) is 15.5. The molecule has 0 unspecified atom stereocenters. The van der Waals surface area contributed by atoms with E-state index in [1.807, 2.05) is 61.2 Å². The van der Waals surface area contributed by atoms with E-state index in [1.165, 1.54) is 4.90 Å². The van der Waals surface area contributed by atoms with Crippen LogP contribution in [0.3, 0.4) is 0 Å². The molecule has 1 aromatic heterocycles. The third-order valence-electron chi connectivity index (χ3n) is 7.60. The van der Waals surface area contributed by atoms with Gasteiger partial charge in [0, 0.05) is 49.2 Å². The number of fused-ring (bicyclic) bond motifs is 4. The first-order chi connectivity index (χ1) is 17.0.